The van der Waals surface area contributed by atoms with Gasteiger partial charge in [0, 0.05) is 16.8 Å². The van der Waals surface area contributed by atoms with Crippen molar-refractivity contribution in [3.05, 3.63) is 71.0 Å². The maximum atomic E-state index is 12.7. The van der Waals surface area contributed by atoms with Crippen molar-refractivity contribution < 1.29 is 23.8 Å². The minimum atomic E-state index is -0.575. The lowest BCUT2D eigenvalue weighted by atomic mass is 10.1. The molecule has 0 saturated heterocycles. The predicted molar refractivity (Wildman–Crippen MR) is 108 cm³/mol. The lowest BCUT2D eigenvalue weighted by Gasteiger charge is -2.18. The lowest BCUT2D eigenvalue weighted by molar-refractivity contribution is 0.0467. The molecule has 0 bridgehead atoms. The number of aromatic nitrogens is 2. The van der Waals surface area contributed by atoms with Crippen molar-refractivity contribution in [1.82, 2.24) is 9.78 Å². The summed E-state index contributed by atoms with van der Waals surface area (Å²) >= 11 is 0. The molecule has 0 unspecified atom stereocenters. The van der Waals surface area contributed by atoms with E-state index in [4.69, 9.17) is 14.2 Å². The monoisotopic (exact) mass is 404 g/mol. The second-order valence-electron chi connectivity index (χ2n) is 7.23. The average Bonchev–Trinajstić information content (AvgIpc) is 3.40. The molecule has 2 aromatic carbocycles. The Kier molecular flexibility index (Phi) is 4.71. The Bertz CT molecular complexity index is 1120. The highest BCUT2D eigenvalue weighted by Gasteiger charge is 2.28. The number of hydrogen-bond donors (Lipinski definition) is 0. The molecule has 7 heteroatoms. The third-order valence-electron chi connectivity index (χ3n) is 5.32. The van der Waals surface area contributed by atoms with E-state index < -0.39 is 5.97 Å². The third-order valence-corrected chi connectivity index (χ3v) is 5.32. The maximum absolute atomic E-state index is 12.7. The number of esters is 1. The first-order valence-corrected chi connectivity index (χ1v) is 9.97. The van der Waals surface area contributed by atoms with E-state index in [9.17, 15) is 9.59 Å². The fraction of sp³-hybridized carbons (Fsp3) is 0.261. The van der Waals surface area contributed by atoms with Crippen molar-refractivity contribution in [1.29, 1.82) is 0 Å². The average molecular weight is 404 g/mol. The molecule has 3 aromatic rings. The molecule has 30 heavy (non-hydrogen) atoms. The van der Waals surface area contributed by atoms with Gasteiger partial charge in [-0.3, -0.25) is 4.79 Å². The molecular weight excluding hydrogens is 384 g/mol. The molecule has 2 heterocycles. The topological polar surface area (TPSA) is 79.7 Å². The molecule has 0 atom stereocenters. The van der Waals surface area contributed by atoms with E-state index in [2.05, 4.69) is 5.10 Å². The van der Waals surface area contributed by atoms with Crippen LogP contribution in [-0.2, 0) is 17.6 Å². The molecule has 0 amide bonds. The number of ketones is 1. The Morgan fingerprint density at radius 2 is 1.80 bits per heavy atom. The molecule has 0 saturated carbocycles. The van der Waals surface area contributed by atoms with E-state index in [1.807, 2.05) is 35.0 Å². The minimum Gasteiger partial charge on any atom is -0.486 e. The van der Waals surface area contributed by atoms with Crippen LogP contribution in [0.3, 0.4) is 0 Å². The fourth-order valence-electron chi connectivity index (χ4n) is 3.88. The van der Waals surface area contributed by atoms with Crippen LogP contribution in [-0.4, -0.2) is 41.4 Å². The normalized spacial score (nSPS) is 14.3. The molecule has 0 radical (unpaired) electrons. The van der Waals surface area contributed by atoms with Gasteiger partial charge in [-0.15, -0.1) is 0 Å². The largest absolute Gasteiger partial charge is 0.486 e. The van der Waals surface area contributed by atoms with E-state index in [0.717, 1.165) is 36.2 Å². The molecule has 0 N–H and O–H groups in total. The van der Waals surface area contributed by atoms with Gasteiger partial charge in [-0.1, -0.05) is 18.2 Å². The predicted octanol–water partition coefficient (Wildman–Crippen LogP) is 3.17. The van der Waals surface area contributed by atoms with Crippen LogP contribution in [0.5, 0.6) is 11.5 Å². The molecule has 1 aromatic heterocycles. The van der Waals surface area contributed by atoms with Crippen molar-refractivity contribution in [3.8, 4) is 17.2 Å². The number of rotatable bonds is 5. The van der Waals surface area contributed by atoms with Gasteiger partial charge in [0.15, 0.2) is 29.6 Å². The molecule has 1 aliphatic carbocycles. The van der Waals surface area contributed by atoms with Crippen molar-refractivity contribution in [2.45, 2.75) is 19.3 Å². The molecule has 0 spiro atoms. The SMILES string of the molecule is O=C(COC(=O)c1nn(-c2ccccc2)c2c1CCC2)c1ccc2c(c1)OCCO2. The summed E-state index contributed by atoms with van der Waals surface area (Å²) in [6.07, 6.45) is 2.61. The Hall–Kier alpha value is -3.61. The zero-order valence-electron chi connectivity index (χ0n) is 16.3. The quantitative estimate of drug-likeness (QED) is 0.480. The van der Waals surface area contributed by atoms with Crippen molar-refractivity contribution in [3.63, 3.8) is 0 Å². The van der Waals surface area contributed by atoms with Gasteiger partial charge in [-0.2, -0.15) is 5.10 Å². The van der Waals surface area contributed by atoms with Crippen LogP contribution in [0.1, 0.15) is 38.5 Å². The smallest absolute Gasteiger partial charge is 0.359 e. The van der Waals surface area contributed by atoms with Crippen LogP contribution in [0.25, 0.3) is 5.69 Å². The first-order valence-electron chi connectivity index (χ1n) is 9.97. The number of fused-ring (bicyclic) bond motifs is 2. The van der Waals surface area contributed by atoms with Crippen molar-refractivity contribution in [2.24, 2.45) is 0 Å². The van der Waals surface area contributed by atoms with E-state index in [0.29, 0.717) is 36.0 Å². The van der Waals surface area contributed by atoms with E-state index in [1.165, 1.54) is 0 Å². The summed E-state index contributed by atoms with van der Waals surface area (Å²) in [4.78, 5) is 25.2. The number of carbonyl (C=O) groups excluding carboxylic acids is 2. The van der Waals surface area contributed by atoms with Crippen molar-refractivity contribution in [2.75, 3.05) is 19.8 Å². The van der Waals surface area contributed by atoms with Gasteiger partial charge in [0.05, 0.1) is 5.69 Å². The summed E-state index contributed by atoms with van der Waals surface area (Å²) in [5, 5.41) is 4.50. The molecule has 0 fully saturated rings. The number of nitrogens with zero attached hydrogens (tertiary/aromatic N) is 2. The number of ether oxygens (including phenoxy) is 3. The number of benzene rings is 2. The highest BCUT2D eigenvalue weighted by molar-refractivity contribution is 5.99. The molecule has 5 rings (SSSR count). The second-order valence-corrected chi connectivity index (χ2v) is 7.23. The molecule has 1 aliphatic heterocycles. The van der Waals surface area contributed by atoms with Crippen LogP contribution < -0.4 is 9.47 Å². The highest BCUT2D eigenvalue weighted by atomic mass is 16.6. The Morgan fingerprint density at radius 3 is 2.63 bits per heavy atom. The van der Waals surface area contributed by atoms with Crippen LogP contribution >= 0.6 is 0 Å². The number of hydrogen-bond acceptors (Lipinski definition) is 6. The van der Waals surface area contributed by atoms with E-state index >= 15 is 0 Å². The molecule has 152 valence electrons. The first-order chi connectivity index (χ1) is 14.7. The fourth-order valence-corrected chi connectivity index (χ4v) is 3.88. The van der Waals surface area contributed by atoms with Gasteiger partial charge < -0.3 is 14.2 Å². The summed E-state index contributed by atoms with van der Waals surface area (Å²) in [5.74, 6) is 0.253. The first kappa shape index (κ1) is 18.4. The van der Waals surface area contributed by atoms with Gasteiger partial charge in [0.1, 0.15) is 13.2 Å². The Morgan fingerprint density at radius 1 is 1.00 bits per heavy atom. The standard InChI is InChI=1S/C23H20N2O5/c26-19(15-9-10-20-21(13-15)29-12-11-28-20)14-30-23(27)22-17-7-4-8-18(17)25(24-22)16-5-2-1-3-6-16/h1-3,5-6,9-10,13H,4,7-8,11-12,14H2. The Labute approximate surface area is 173 Å². The van der Waals surface area contributed by atoms with Gasteiger partial charge in [-0.05, 0) is 49.6 Å². The summed E-state index contributed by atoms with van der Waals surface area (Å²) in [7, 11) is 0. The zero-order valence-corrected chi connectivity index (χ0v) is 16.3. The molecular formula is C23H20N2O5. The van der Waals surface area contributed by atoms with Crippen LogP contribution in [0.2, 0.25) is 0 Å². The number of Topliss-reactive ketones (excluding diaryl/α,β-unsaturated/α-hetero) is 1. The third kappa shape index (κ3) is 3.32. The van der Waals surface area contributed by atoms with E-state index in [1.54, 1.807) is 18.2 Å². The van der Waals surface area contributed by atoms with Gasteiger partial charge in [-0.25, -0.2) is 9.48 Å². The summed E-state index contributed by atoms with van der Waals surface area (Å²) in [6, 6.07) is 14.7. The Balaban J connectivity index is 1.32. The van der Waals surface area contributed by atoms with Crippen LogP contribution in [0, 0.1) is 0 Å². The number of carbonyl (C=O) groups is 2. The summed E-state index contributed by atoms with van der Waals surface area (Å²) < 4.78 is 18.1. The van der Waals surface area contributed by atoms with E-state index in [-0.39, 0.29) is 12.4 Å². The van der Waals surface area contributed by atoms with Crippen LogP contribution in [0.4, 0.5) is 0 Å². The highest BCUT2D eigenvalue weighted by Crippen LogP contribution is 2.31. The second kappa shape index (κ2) is 7.67. The van der Waals surface area contributed by atoms with Gasteiger partial charge >= 0.3 is 5.97 Å². The van der Waals surface area contributed by atoms with Crippen LogP contribution in [0.15, 0.2) is 48.5 Å². The zero-order chi connectivity index (χ0) is 20.5. The maximum Gasteiger partial charge on any atom is 0.359 e. The summed E-state index contributed by atoms with van der Waals surface area (Å²) in [6.45, 7) is 0.568. The van der Waals surface area contributed by atoms with Gasteiger partial charge in [0.25, 0.3) is 0 Å². The summed E-state index contributed by atoms with van der Waals surface area (Å²) in [5.41, 5.74) is 3.55. The minimum absolute atomic E-state index is 0.293. The number of para-hydroxylation sites is 1. The molecule has 7 nitrogen and oxygen atoms in total. The lowest BCUT2D eigenvalue weighted by Crippen LogP contribution is -2.18. The molecule has 2 aliphatic rings. The van der Waals surface area contributed by atoms with Gasteiger partial charge in [0.2, 0.25) is 0 Å². The van der Waals surface area contributed by atoms with Crippen molar-refractivity contribution >= 4 is 11.8 Å².